The van der Waals surface area contributed by atoms with Crippen LogP contribution in [0.1, 0.15) is 71.1 Å². The van der Waals surface area contributed by atoms with Crippen LogP contribution in [-0.2, 0) is 9.47 Å². The summed E-state index contributed by atoms with van der Waals surface area (Å²) in [4.78, 5) is 0. The van der Waals surface area contributed by atoms with Crippen molar-refractivity contribution in [1.29, 1.82) is 0 Å². The van der Waals surface area contributed by atoms with E-state index in [1.54, 1.807) is 0 Å². The van der Waals surface area contributed by atoms with Crippen molar-refractivity contribution in [1.82, 2.24) is 0 Å². The maximum Gasteiger partial charge on any atom is 0.157 e. The molecule has 1 saturated heterocycles. The Balaban J connectivity index is 1.87. The van der Waals surface area contributed by atoms with Gasteiger partial charge in [-0.05, 0) is 38.5 Å². The normalized spacial score (nSPS) is 18.9. The van der Waals surface area contributed by atoms with Crippen LogP contribution in [0.2, 0.25) is 0 Å². The zero-order valence-corrected chi connectivity index (χ0v) is 13.0. The second-order valence-electron chi connectivity index (χ2n) is 5.30. The third-order valence-electron chi connectivity index (χ3n) is 3.37. The van der Waals surface area contributed by atoms with Gasteiger partial charge in [-0.1, -0.05) is 37.8 Å². The summed E-state index contributed by atoms with van der Waals surface area (Å²) < 4.78 is 11.2. The van der Waals surface area contributed by atoms with Crippen molar-refractivity contribution in [3.8, 4) is 11.8 Å². The molecule has 114 valence electrons. The van der Waals surface area contributed by atoms with Gasteiger partial charge in [-0.25, -0.2) is 0 Å². The van der Waals surface area contributed by atoms with Crippen LogP contribution in [-0.4, -0.2) is 19.5 Å². The van der Waals surface area contributed by atoms with E-state index in [1.165, 1.54) is 38.5 Å². The second kappa shape index (κ2) is 13.2. The first-order chi connectivity index (χ1) is 9.93. The molecular weight excluding hydrogens is 248 g/mol. The monoisotopic (exact) mass is 278 g/mol. The molecule has 20 heavy (non-hydrogen) atoms. The van der Waals surface area contributed by atoms with E-state index in [0.29, 0.717) is 0 Å². The Morgan fingerprint density at radius 3 is 2.90 bits per heavy atom. The van der Waals surface area contributed by atoms with E-state index >= 15 is 0 Å². The Labute approximate surface area is 124 Å². The Morgan fingerprint density at radius 2 is 2.10 bits per heavy atom. The molecule has 1 rings (SSSR count). The quantitative estimate of drug-likeness (QED) is 0.341. The van der Waals surface area contributed by atoms with Gasteiger partial charge in [0, 0.05) is 19.4 Å². The van der Waals surface area contributed by atoms with Crippen molar-refractivity contribution in [2.24, 2.45) is 0 Å². The third kappa shape index (κ3) is 10.1. The standard InChI is InChI=1S/C18H30O2/c1-2-3-4-5-6-7-8-9-10-11-13-16-19-18-15-12-14-17-20-18/h6-7,18H,2-5,8,11-17H2,1H3/b7-6-. The van der Waals surface area contributed by atoms with Gasteiger partial charge >= 0.3 is 0 Å². The Bertz CT molecular complexity index is 292. The molecule has 1 aliphatic heterocycles. The molecule has 1 heterocycles. The van der Waals surface area contributed by atoms with Gasteiger partial charge in [0.05, 0.1) is 6.61 Å². The minimum absolute atomic E-state index is 0.0442. The van der Waals surface area contributed by atoms with E-state index in [9.17, 15) is 0 Å². The number of hydrogen-bond donors (Lipinski definition) is 0. The summed E-state index contributed by atoms with van der Waals surface area (Å²) in [6.07, 6.45) is 15.9. The lowest BCUT2D eigenvalue weighted by molar-refractivity contribution is -0.162. The summed E-state index contributed by atoms with van der Waals surface area (Å²) >= 11 is 0. The molecule has 0 saturated carbocycles. The van der Waals surface area contributed by atoms with Crippen LogP contribution in [0, 0.1) is 11.8 Å². The lowest BCUT2D eigenvalue weighted by Crippen LogP contribution is -2.22. The molecule has 0 aliphatic carbocycles. The minimum atomic E-state index is 0.0442. The van der Waals surface area contributed by atoms with Crippen LogP contribution in [0.25, 0.3) is 0 Å². The van der Waals surface area contributed by atoms with Gasteiger partial charge in [0.25, 0.3) is 0 Å². The Morgan fingerprint density at radius 1 is 1.15 bits per heavy atom. The van der Waals surface area contributed by atoms with E-state index in [0.717, 1.165) is 38.9 Å². The average Bonchev–Trinajstić information content (AvgIpc) is 2.49. The zero-order valence-electron chi connectivity index (χ0n) is 13.0. The van der Waals surface area contributed by atoms with Gasteiger partial charge < -0.3 is 9.47 Å². The summed E-state index contributed by atoms with van der Waals surface area (Å²) in [6.45, 7) is 3.86. The van der Waals surface area contributed by atoms with Gasteiger partial charge in [0.1, 0.15) is 0 Å². The summed E-state index contributed by atoms with van der Waals surface area (Å²) in [7, 11) is 0. The molecule has 0 spiro atoms. The van der Waals surface area contributed by atoms with Crippen molar-refractivity contribution in [2.45, 2.75) is 77.4 Å². The lowest BCUT2D eigenvalue weighted by atomic mass is 10.2. The highest BCUT2D eigenvalue weighted by Crippen LogP contribution is 2.13. The van der Waals surface area contributed by atoms with Gasteiger partial charge in [-0.3, -0.25) is 0 Å². The fourth-order valence-electron chi connectivity index (χ4n) is 2.15. The number of rotatable bonds is 9. The molecule has 2 nitrogen and oxygen atoms in total. The molecule has 0 bridgehead atoms. The topological polar surface area (TPSA) is 18.5 Å². The van der Waals surface area contributed by atoms with Crippen molar-refractivity contribution >= 4 is 0 Å². The van der Waals surface area contributed by atoms with Crippen LogP contribution in [0.4, 0.5) is 0 Å². The molecule has 0 aromatic rings. The highest BCUT2D eigenvalue weighted by molar-refractivity contribution is 5.04. The van der Waals surface area contributed by atoms with Crippen LogP contribution >= 0.6 is 0 Å². The van der Waals surface area contributed by atoms with Crippen molar-refractivity contribution in [2.75, 3.05) is 13.2 Å². The van der Waals surface area contributed by atoms with Gasteiger partial charge in [0.2, 0.25) is 0 Å². The zero-order chi connectivity index (χ0) is 14.3. The van der Waals surface area contributed by atoms with E-state index in [-0.39, 0.29) is 6.29 Å². The largest absolute Gasteiger partial charge is 0.353 e. The van der Waals surface area contributed by atoms with Crippen LogP contribution < -0.4 is 0 Å². The Hall–Kier alpha value is -0.780. The van der Waals surface area contributed by atoms with Gasteiger partial charge in [-0.2, -0.15) is 0 Å². The van der Waals surface area contributed by atoms with E-state index in [1.807, 2.05) is 0 Å². The third-order valence-corrected chi connectivity index (χ3v) is 3.37. The fraction of sp³-hybridized carbons (Fsp3) is 0.778. The van der Waals surface area contributed by atoms with Gasteiger partial charge in [-0.15, -0.1) is 5.92 Å². The highest BCUT2D eigenvalue weighted by atomic mass is 16.7. The summed E-state index contributed by atoms with van der Waals surface area (Å²) in [5, 5.41) is 0. The molecule has 1 atom stereocenters. The first kappa shape index (κ1) is 17.3. The fourth-order valence-corrected chi connectivity index (χ4v) is 2.15. The minimum Gasteiger partial charge on any atom is -0.353 e. The molecule has 0 amide bonds. The van der Waals surface area contributed by atoms with Crippen LogP contribution in [0.5, 0.6) is 0 Å². The van der Waals surface area contributed by atoms with E-state index < -0.39 is 0 Å². The predicted molar refractivity (Wildman–Crippen MR) is 84.5 cm³/mol. The molecule has 0 N–H and O–H groups in total. The number of ether oxygens (including phenoxy) is 2. The number of hydrogen-bond acceptors (Lipinski definition) is 2. The summed E-state index contributed by atoms with van der Waals surface area (Å²) in [5.74, 6) is 6.39. The van der Waals surface area contributed by atoms with Crippen LogP contribution in [0.3, 0.4) is 0 Å². The Kier molecular flexibility index (Phi) is 11.4. The molecule has 0 aromatic carbocycles. The maximum absolute atomic E-state index is 5.66. The molecule has 0 radical (unpaired) electrons. The predicted octanol–water partition coefficient (Wildman–Crippen LogP) is 4.84. The number of unbranched alkanes of at least 4 members (excludes halogenated alkanes) is 4. The molecule has 1 fully saturated rings. The first-order valence-corrected chi connectivity index (χ1v) is 8.27. The molecule has 1 unspecified atom stereocenters. The van der Waals surface area contributed by atoms with Crippen molar-refractivity contribution in [3.05, 3.63) is 12.2 Å². The van der Waals surface area contributed by atoms with Crippen molar-refractivity contribution < 1.29 is 9.47 Å². The maximum atomic E-state index is 5.66. The smallest absolute Gasteiger partial charge is 0.157 e. The van der Waals surface area contributed by atoms with Crippen molar-refractivity contribution in [3.63, 3.8) is 0 Å². The number of allylic oxidation sites excluding steroid dienone is 2. The molecule has 1 aliphatic rings. The highest BCUT2D eigenvalue weighted by Gasteiger charge is 2.12. The van der Waals surface area contributed by atoms with E-state index in [4.69, 9.17) is 9.47 Å². The average molecular weight is 278 g/mol. The summed E-state index contributed by atoms with van der Waals surface area (Å²) in [5.41, 5.74) is 0. The van der Waals surface area contributed by atoms with E-state index in [2.05, 4.69) is 30.9 Å². The lowest BCUT2D eigenvalue weighted by Gasteiger charge is -2.22. The first-order valence-electron chi connectivity index (χ1n) is 8.27. The second-order valence-corrected chi connectivity index (χ2v) is 5.30. The van der Waals surface area contributed by atoms with Gasteiger partial charge in [0.15, 0.2) is 6.29 Å². The SMILES string of the molecule is CCCCC/C=C\CC#CCCCOC1CCCCO1. The van der Waals surface area contributed by atoms with Crippen LogP contribution in [0.15, 0.2) is 12.2 Å². The summed E-state index contributed by atoms with van der Waals surface area (Å²) in [6, 6.07) is 0. The molecule has 2 heteroatoms. The molecular formula is C18H30O2. The molecule has 0 aromatic heterocycles.